The zero-order chi connectivity index (χ0) is 18.7. The highest BCUT2D eigenvalue weighted by Crippen LogP contribution is 2.44. The summed E-state index contributed by atoms with van der Waals surface area (Å²) in [7, 11) is 0. The van der Waals surface area contributed by atoms with Gasteiger partial charge in [0.15, 0.2) is 6.40 Å². The number of ether oxygens (including phenoxy) is 2. The molecule has 0 amide bonds. The molecular weight excluding hydrogens is 332 g/mol. The summed E-state index contributed by atoms with van der Waals surface area (Å²) in [5.74, 6) is -0.262. The topological polar surface area (TPSA) is 89.5 Å². The maximum atomic E-state index is 11.9. The first-order valence-electron chi connectivity index (χ1n) is 8.20. The number of fused-ring (bicyclic) bond motifs is 1. The Bertz CT molecular complexity index is 936. The number of hydrogen-bond acceptors (Lipinski definition) is 6. The SMILES string of the molecule is CCOC=NC1=C(C#N)[C@H](c2ccccc2)c2c(nn(C(C)=O)c2C)O1. The van der Waals surface area contributed by atoms with Gasteiger partial charge in [0.05, 0.1) is 23.8 Å². The van der Waals surface area contributed by atoms with E-state index < -0.39 is 5.92 Å². The summed E-state index contributed by atoms with van der Waals surface area (Å²) in [6.07, 6.45) is 1.24. The van der Waals surface area contributed by atoms with E-state index >= 15 is 0 Å². The molecule has 0 saturated heterocycles. The molecule has 7 nitrogen and oxygen atoms in total. The smallest absolute Gasteiger partial charge is 0.245 e. The summed E-state index contributed by atoms with van der Waals surface area (Å²) >= 11 is 0. The fraction of sp³-hybridized carbons (Fsp3) is 0.263. The molecular formula is C19H18N4O3. The molecule has 132 valence electrons. The zero-order valence-electron chi connectivity index (χ0n) is 14.8. The largest absolute Gasteiger partial charge is 0.483 e. The number of carbonyl (C=O) groups excluding carboxylic acids is 1. The molecule has 1 atom stereocenters. The highest BCUT2D eigenvalue weighted by Gasteiger charge is 2.36. The van der Waals surface area contributed by atoms with E-state index in [-0.39, 0.29) is 17.7 Å². The van der Waals surface area contributed by atoms with E-state index in [0.717, 1.165) is 5.56 Å². The molecule has 0 bridgehead atoms. The summed E-state index contributed by atoms with van der Waals surface area (Å²) in [4.78, 5) is 16.0. The zero-order valence-corrected chi connectivity index (χ0v) is 14.8. The minimum Gasteiger partial charge on any atom is -0.483 e. The van der Waals surface area contributed by atoms with Crippen molar-refractivity contribution >= 4 is 12.3 Å². The van der Waals surface area contributed by atoms with Crippen LogP contribution >= 0.6 is 0 Å². The van der Waals surface area contributed by atoms with Gasteiger partial charge in [0, 0.05) is 6.92 Å². The first kappa shape index (κ1) is 17.4. The van der Waals surface area contributed by atoms with E-state index in [0.29, 0.717) is 23.4 Å². The first-order chi connectivity index (χ1) is 12.6. The van der Waals surface area contributed by atoms with Gasteiger partial charge < -0.3 is 9.47 Å². The van der Waals surface area contributed by atoms with Crippen LogP contribution in [0.5, 0.6) is 5.88 Å². The van der Waals surface area contributed by atoms with Crippen LogP contribution in [-0.4, -0.2) is 28.7 Å². The van der Waals surface area contributed by atoms with E-state index in [2.05, 4.69) is 16.2 Å². The second-order valence-corrected chi connectivity index (χ2v) is 5.70. The Kier molecular flexibility index (Phi) is 4.85. The van der Waals surface area contributed by atoms with Crippen molar-refractivity contribution in [3.8, 4) is 11.9 Å². The number of nitrogens with zero attached hydrogens (tertiary/aromatic N) is 4. The van der Waals surface area contributed by atoms with Gasteiger partial charge in [-0.25, -0.2) is 4.68 Å². The van der Waals surface area contributed by atoms with Gasteiger partial charge in [0.25, 0.3) is 0 Å². The molecule has 1 aliphatic heterocycles. The molecule has 2 aromatic rings. The van der Waals surface area contributed by atoms with Crippen LogP contribution in [0.1, 0.15) is 41.4 Å². The van der Waals surface area contributed by atoms with Crippen LogP contribution in [-0.2, 0) is 4.74 Å². The average Bonchev–Trinajstić information content (AvgIpc) is 2.98. The second-order valence-electron chi connectivity index (χ2n) is 5.70. The van der Waals surface area contributed by atoms with Crippen LogP contribution in [0, 0.1) is 18.3 Å². The van der Waals surface area contributed by atoms with Gasteiger partial charge in [0.2, 0.25) is 17.7 Å². The second kappa shape index (κ2) is 7.23. The Morgan fingerprint density at radius 2 is 2.19 bits per heavy atom. The molecule has 7 heteroatoms. The molecule has 0 spiro atoms. The Labute approximate surface area is 151 Å². The molecule has 0 radical (unpaired) electrons. The van der Waals surface area contributed by atoms with Crippen molar-refractivity contribution in [2.75, 3.05) is 6.61 Å². The molecule has 0 unspecified atom stereocenters. The van der Waals surface area contributed by atoms with Crippen LogP contribution in [0.3, 0.4) is 0 Å². The summed E-state index contributed by atoms with van der Waals surface area (Å²) in [6.45, 7) is 5.49. The first-order valence-corrected chi connectivity index (χ1v) is 8.20. The molecule has 1 aromatic heterocycles. The van der Waals surface area contributed by atoms with E-state index in [4.69, 9.17) is 9.47 Å². The predicted octanol–water partition coefficient (Wildman–Crippen LogP) is 3.18. The number of benzene rings is 1. The normalized spacial score (nSPS) is 16.2. The van der Waals surface area contributed by atoms with Crippen LogP contribution in [0.15, 0.2) is 46.8 Å². The fourth-order valence-corrected chi connectivity index (χ4v) is 2.96. The number of hydrogen-bond donors (Lipinski definition) is 0. The molecule has 0 fully saturated rings. The highest BCUT2D eigenvalue weighted by molar-refractivity contribution is 5.77. The van der Waals surface area contributed by atoms with Crippen molar-refractivity contribution in [1.29, 1.82) is 5.26 Å². The standard InChI is InChI=1S/C19H18N4O3/c1-4-25-11-21-18-15(10-20)17(14-8-6-5-7-9-14)16-12(2)23(13(3)24)22-19(16)26-18/h5-9,11,17H,4H2,1-3H3/t17-/m0/s1. The number of rotatable bonds is 4. The monoisotopic (exact) mass is 350 g/mol. The van der Waals surface area contributed by atoms with Gasteiger partial charge in [-0.15, -0.1) is 5.10 Å². The number of allylic oxidation sites excluding steroid dienone is 1. The Morgan fingerprint density at radius 3 is 2.81 bits per heavy atom. The molecule has 0 aliphatic carbocycles. The van der Waals surface area contributed by atoms with Crippen molar-refractivity contribution < 1.29 is 14.3 Å². The molecule has 1 aliphatic rings. The van der Waals surface area contributed by atoms with E-state index in [1.807, 2.05) is 37.3 Å². The van der Waals surface area contributed by atoms with Gasteiger partial charge in [-0.2, -0.15) is 10.3 Å². The predicted molar refractivity (Wildman–Crippen MR) is 94.9 cm³/mol. The Hall–Kier alpha value is -3.40. The van der Waals surface area contributed by atoms with Crippen LogP contribution in [0.25, 0.3) is 0 Å². The Morgan fingerprint density at radius 1 is 1.46 bits per heavy atom. The molecule has 0 saturated carbocycles. The quantitative estimate of drug-likeness (QED) is 0.624. The van der Waals surface area contributed by atoms with Crippen molar-refractivity contribution in [3.05, 3.63) is 58.6 Å². The molecule has 26 heavy (non-hydrogen) atoms. The number of aromatic nitrogens is 2. The fourth-order valence-electron chi connectivity index (χ4n) is 2.96. The summed E-state index contributed by atoms with van der Waals surface area (Å²) < 4.78 is 12.2. The molecule has 2 heterocycles. The lowest BCUT2D eigenvalue weighted by Crippen LogP contribution is -2.16. The minimum absolute atomic E-state index is 0.121. The lowest BCUT2D eigenvalue weighted by molar-refractivity contribution is 0.0917. The van der Waals surface area contributed by atoms with Crippen LogP contribution in [0.2, 0.25) is 0 Å². The van der Waals surface area contributed by atoms with Crippen LogP contribution < -0.4 is 4.74 Å². The highest BCUT2D eigenvalue weighted by atomic mass is 16.5. The minimum atomic E-state index is -0.424. The van der Waals surface area contributed by atoms with Crippen molar-refractivity contribution in [2.45, 2.75) is 26.7 Å². The van der Waals surface area contributed by atoms with Gasteiger partial charge in [-0.1, -0.05) is 30.3 Å². The third-order valence-electron chi connectivity index (χ3n) is 4.09. The van der Waals surface area contributed by atoms with Gasteiger partial charge in [-0.05, 0) is 19.4 Å². The van der Waals surface area contributed by atoms with Crippen molar-refractivity contribution in [3.63, 3.8) is 0 Å². The molecule has 3 rings (SSSR count). The lowest BCUT2D eigenvalue weighted by Gasteiger charge is -2.23. The summed E-state index contributed by atoms with van der Waals surface area (Å²) in [6, 6.07) is 11.7. The number of carbonyl (C=O) groups is 1. The molecule has 1 aromatic carbocycles. The maximum Gasteiger partial charge on any atom is 0.245 e. The van der Waals surface area contributed by atoms with E-state index in [9.17, 15) is 10.1 Å². The van der Waals surface area contributed by atoms with Gasteiger partial charge in [-0.3, -0.25) is 4.79 Å². The maximum absolute atomic E-state index is 11.9. The summed E-state index contributed by atoms with van der Waals surface area (Å²) in [5, 5.41) is 14.0. The third kappa shape index (κ3) is 2.97. The average molecular weight is 350 g/mol. The van der Waals surface area contributed by atoms with Gasteiger partial charge >= 0.3 is 0 Å². The number of aliphatic imine (C=N–C) groups is 1. The molecule has 0 N–H and O–H groups in total. The van der Waals surface area contributed by atoms with Crippen molar-refractivity contribution in [2.24, 2.45) is 4.99 Å². The van der Waals surface area contributed by atoms with E-state index in [1.54, 1.807) is 6.92 Å². The summed E-state index contributed by atoms with van der Waals surface area (Å²) in [5.41, 5.74) is 2.56. The Balaban J connectivity index is 2.22. The van der Waals surface area contributed by atoms with Gasteiger partial charge in [0.1, 0.15) is 11.6 Å². The number of nitriles is 1. The van der Waals surface area contributed by atoms with Crippen molar-refractivity contribution in [1.82, 2.24) is 9.78 Å². The lowest BCUT2D eigenvalue weighted by atomic mass is 9.84. The van der Waals surface area contributed by atoms with Crippen LogP contribution in [0.4, 0.5) is 0 Å². The van der Waals surface area contributed by atoms with E-state index in [1.165, 1.54) is 18.0 Å². The third-order valence-corrected chi connectivity index (χ3v) is 4.09.